The monoisotopic (exact) mass is 918 g/mol. The molecule has 10 nitrogen and oxygen atoms in total. The molecule has 0 aromatic rings. The Labute approximate surface area is 344 Å². The van der Waals surface area contributed by atoms with E-state index in [1.807, 2.05) is 0 Å². The average Bonchev–Trinajstić information content (AvgIpc) is 4.04. The van der Waals surface area contributed by atoms with Crippen LogP contribution < -0.4 is 41.0 Å². The fraction of sp³-hybridized carbons (Fsp3) is 0.619. The van der Waals surface area contributed by atoms with Crippen molar-refractivity contribution in [3.8, 4) is 0 Å². The van der Waals surface area contributed by atoms with E-state index < -0.39 is 33.6 Å². The van der Waals surface area contributed by atoms with Crippen molar-refractivity contribution in [1.29, 1.82) is 0 Å². The van der Waals surface area contributed by atoms with Crippen molar-refractivity contribution in [2.75, 3.05) is 40.3 Å². The molecule has 12 heteroatoms. The molecule has 2 saturated heterocycles. The van der Waals surface area contributed by atoms with Crippen molar-refractivity contribution in [3.05, 3.63) is 70.3 Å². The third-order valence-corrected chi connectivity index (χ3v) is 15.4. The second kappa shape index (κ2) is 13.2. The number of hydrogen-bond donors (Lipinski definition) is 4. The molecule has 10 rings (SSSR count). The van der Waals surface area contributed by atoms with Crippen molar-refractivity contribution >= 4 is 23.1 Å². The molecule has 0 radical (unpaired) electrons. The molecule has 0 aromatic heterocycles. The lowest BCUT2D eigenvalue weighted by Crippen LogP contribution is -3.00. The van der Waals surface area contributed by atoms with Gasteiger partial charge in [-0.2, -0.15) is 0 Å². The van der Waals surface area contributed by atoms with Crippen LogP contribution in [0, 0.1) is 22.7 Å². The molecular formula is C42H52BrIN2O8. The van der Waals surface area contributed by atoms with Crippen LogP contribution >= 0.6 is 0 Å². The van der Waals surface area contributed by atoms with Crippen molar-refractivity contribution in [2.24, 2.45) is 22.7 Å². The summed E-state index contributed by atoms with van der Waals surface area (Å²) in [5.41, 5.74) is -1.13. The number of halogens is 2. The van der Waals surface area contributed by atoms with E-state index in [1.165, 1.54) is 37.8 Å². The maximum absolute atomic E-state index is 12.4. The Bertz CT molecular complexity index is 1790. The number of carbonyl (C=O) groups is 4. The molecule has 0 amide bonds. The number of piperidine rings is 2. The number of rotatable bonds is 4. The van der Waals surface area contributed by atoms with Crippen LogP contribution in [-0.2, 0) is 19.2 Å². The van der Waals surface area contributed by atoms with E-state index in [-0.39, 0.29) is 89.0 Å². The van der Waals surface area contributed by atoms with Crippen molar-refractivity contribution < 1.29 is 89.5 Å². The second-order valence-corrected chi connectivity index (χ2v) is 18.6. The molecule has 54 heavy (non-hydrogen) atoms. The Balaban J connectivity index is 0.000000161. The molecule has 4 N–H and O–H groups in total. The second-order valence-electron chi connectivity index (χ2n) is 18.6. The molecule has 0 spiro atoms. The van der Waals surface area contributed by atoms with Gasteiger partial charge in [-0.25, -0.2) is 0 Å². The lowest BCUT2D eigenvalue weighted by molar-refractivity contribution is -0.944. The van der Waals surface area contributed by atoms with Gasteiger partial charge in [0.1, 0.15) is 34.9 Å². The number of likely N-dealkylation sites (tertiary alicyclic amines) is 2. The summed E-state index contributed by atoms with van der Waals surface area (Å²) < 4.78 is 1.58. The standard InChI is InChI=1S/2C21H25NO4.BrH.HI/c2*1-22(12-13-2-3-13)9-8-20-11-15(23)6-7-21(20,26)17(22)10-14-4-5-16(24)19(25)18(14)20;;/h2*4-5,10,13,17,26H,2-3,6-9,11-12H2,1H3;2*1H/t2*17-,20-,21-,22?;;/m11../s1. The molecule has 2 heterocycles. The molecule has 4 bridgehead atoms. The lowest BCUT2D eigenvalue weighted by Gasteiger charge is -2.64. The SMILES string of the molecule is C[N+]1(CC2CC2)CC[C@]23CC(=O)CC[C@@]2(O)[C@H]1C=C1C=CC(=O)C(O)=C13.C[N+]1(CC2CC2)CC[C@]23CC(=O)CC[C@@]2(O)[C@H]1C=C1C=CC(=O)C(O)=C13.[Br-].[I-]. The summed E-state index contributed by atoms with van der Waals surface area (Å²) in [6, 6.07) is -0.205. The average molecular weight is 920 g/mol. The summed E-state index contributed by atoms with van der Waals surface area (Å²) in [4.78, 5) is 49.2. The third-order valence-electron chi connectivity index (χ3n) is 15.4. The fourth-order valence-corrected chi connectivity index (χ4v) is 12.5. The maximum Gasteiger partial charge on any atom is 0.220 e. The molecule has 2 aliphatic heterocycles. The first-order valence-electron chi connectivity index (χ1n) is 19.5. The van der Waals surface area contributed by atoms with Crippen molar-refractivity contribution in [1.82, 2.24) is 0 Å². The number of aliphatic hydroxyl groups excluding tert-OH is 2. The van der Waals surface area contributed by atoms with E-state index in [2.05, 4.69) is 26.2 Å². The van der Waals surface area contributed by atoms with E-state index in [9.17, 15) is 39.6 Å². The number of nitrogens with zero attached hydrogens (tertiary/aromatic N) is 2. The van der Waals surface area contributed by atoms with Crippen LogP contribution in [0.1, 0.15) is 77.0 Å². The number of likely N-dealkylation sites (N-methyl/N-ethyl adjacent to an activating group) is 2. The summed E-state index contributed by atoms with van der Waals surface area (Å²) in [7, 11) is 4.45. The van der Waals surface area contributed by atoms with Gasteiger partial charge in [0.15, 0.2) is 11.5 Å². The molecule has 2 unspecified atom stereocenters. The zero-order chi connectivity index (χ0) is 36.6. The molecule has 8 atom stereocenters. The first-order valence-corrected chi connectivity index (χ1v) is 19.5. The minimum absolute atomic E-state index is 0. The maximum atomic E-state index is 12.4. The van der Waals surface area contributed by atoms with Gasteiger partial charge in [-0.3, -0.25) is 19.2 Å². The summed E-state index contributed by atoms with van der Waals surface area (Å²) in [5, 5.41) is 45.2. The van der Waals surface area contributed by atoms with Crippen molar-refractivity contribution in [3.63, 3.8) is 0 Å². The van der Waals surface area contributed by atoms with Crippen LogP contribution in [0.15, 0.2) is 70.3 Å². The predicted octanol–water partition coefficient (Wildman–Crippen LogP) is -2.04. The van der Waals surface area contributed by atoms with Gasteiger partial charge >= 0.3 is 0 Å². The van der Waals surface area contributed by atoms with E-state index in [1.54, 1.807) is 12.2 Å². The van der Waals surface area contributed by atoms with E-state index in [0.717, 1.165) is 58.1 Å². The number of ketones is 4. The largest absolute Gasteiger partial charge is 1.00 e. The molecular weight excluding hydrogens is 867 g/mol. The van der Waals surface area contributed by atoms with E-state index in [4.69, 9.17) is 0 Å². The highest BCUT2D eigenvalue weighted by Crippen LogP contribution is 2.64. The number of carbonyl (C=O) groups excluding carboxylic acids is 4. The minimum Gasteiger partial charge on any atom is -1.00 e. The summed E-state index contributed by atoms with van der Waals surface area (Å²) >= 11 is 0. The summed E-state index contributed by atoms with van der Waals surface area (Å²) in [6.07, 6.45) is 18.8. The highest BCUT2D eigenvalue weighted by Gasteiger charge is 2.72. The lowest BCUT2D eigenvalue weighted by atomic mass is 9.48. The van der Waals surface area contributed by atoms with E-state index in [0.29, 0.717) is 49.7 Å². The zero-order valence-corrected chi connectivity index (χ0v) is 34.9. The number of aliphatic hydroxyl groups is 4. The van der Waals surface area contributed by atoms with Gasteiger partial charge in [0.2, 0.25) is 11.6 Å². The molecule has 8 aliphatic carbocycles. The quantitative estimate of drug-likeness (QED) is 0.187. The highest BCUT2D eigenvalue weighted by molar-refractivity contribution is 6.06. The van der Waals surface area contributed by atoms with Gasteiger partial charge in [0.05, 0.1) is 40.3 Å². The van der Waals surface area contributed by atoms with Gasteiger partial charge < -0.3 is 70.4 Å². The van der Waals surface area contributed by atoms with Crippen molar-refractivity contribution in [2.45, 2.75) is 100 Å². The molecule has 292 valence electrons. The first kappa shape index (κ1) is 40.0. The van der Waals surface area contributed by atoms with Crippen LogP contribution in [0.4, 0.5) is 0 Å². The number of hydrogen-bond acceptors (Lipinski definition) is 8. The molecule has 4 saturated carbocycles. The van der Waals surface area contributed by atoms with Crippen LogP contribution in [0.3, 0.4) is 0 Å². The van der Waals surface area contributed by atoms with Crippen LogP contribution in [0.5, 0.6) is 0 Å². The van der Waals surface area contributed by atoms with E-state index >= 15 is 0 Å². The van der Waals surface area contributed by atoms with Gasteiger partial charge in [0, 0.05) is 72.3 Å². The van der Waals surface area contributed by atoms with Crippen LogP contribution in [0.25, 0.3) is 0 Å². The first-order chi connectivity index (χ1) is 24.6. The number of fused-ring (bicyclic) bond motifs is 2. The fourth-order valence-electron chi connectivity index (χ4n) is 12.5. The predicted molar refractivity (Wildman–Crippen MR) is 190 cm³/mol. The normalized spacial score (nSPS) is 42.9. The smallest absolute Gasteiger partial charge is 0.220 e. The van der Waals surface area contributed by atoms with Gasteiger partial charge in [-0.05, 0) is 74.0 Å². The highest BCUT2D eigenvalue weighted by atomic mass is 127. The van der Waals surface area contributed by atoms with Crippen LogP contribution in [0.2, 0.25) is 0 Å². The Morgan fingerprint density at radius 3 is 1.35 bits per heavy atom. The Hall–Kier alpha value is -2.23. The third kappa shape index (κ3) is 5.57. The number of quaternary nitrogens is 2. The topological polar surface area (TPSA) is 149 Å². The Morgan fingerprint density at radius 2 is 1.00 bits per heavy atom. The van der Waals surface area contributed by atoms with Gasteiger partial charge in [-0.1, -0.05) is 12.2 Å². The van der Waals surface area contributed by atoms with Crippen LogP contribution in [-0.4, -0.2) is 116 Å². The van der Waals surface area contributed by atoms with Gasteiger partial charge in [0.25, 0.3) is 0 Å². The summed E-state index contributed by atoms with van der Waals surface area (Å²) in [5.74, 6) is 0.303. The number of allylic oxidation sites excluding steroid dienone is 6. The number of Topliss-reactive ketones (excluding diaryl/α,β-unsaturated/α-hetero) is 2. The summed E-state index contributed by atoms with van der Waals surface area (Å²) in [6.45, 7) is 3.81. The minimum atomic E-state index is -1.08. The zero-order valence-electron chi connectivity index (χ0n) is 31.2. The molecule has 6 fully saturated rings. The molecule has 10 aliphatic rings. The Morgan fingerprint density at radius 1 is 0.630 bits per heavy atom. The van der Waals surface area contributed by atoms with Gasteiger partial charge in [-0.15, -0.1) is 0 Å². The Kier molecular flexibility index (Phi) is 9.74. The molecule has 0 aromatic carbocycles.